The summed E-state index contributed by atoms with van der Waals surface area (Å²) in [4.78, 5) is 33.6. The van der Waals surface area contributed by atoms with Crippen molar-refractivity contribution in [3.63, 3.8) is 0 Å². The summed E-state index contributed by atoms with van der Waals surface area (Å²) in [6.45, 7) is 10.2. The number of nitrogens with zero attached hydrogens (tertiary/aromatic N) is 3. The standard InChI is InChI=1S/C21H32N4O3/c1-21(2,3)14-18(26)24-9-11-25(12-10-24)19-17(7-4-8-22-19)20(27)23-15-16-6-5-13-28-16/h4,7-8,16H,5-6,9-15H2,1-3H3,(H,23,27). The van der Waals surface area contributed by atoms with Crippen molar-refractivity contribution < 1.29 is 14.3 Å². The van der Waals surface area contributed by atoms with Crippen LogP contribution in [0.1, 0.15) is 50.4 Å². The van der Waals surface area contributed by atoms with Gasteiger partial charge < -0.3 is 19.9 Å². The number of ether oxygens (including phenoxy) is 1. The van der Waals surface area contributed by atoms with Crippen molar-refractivity contribution in [3.05, 3.63) is 23.9 Å². The molecule has 1 N–H and O–H groups in total. The molecule has 7 nitrogen and oxygen atoms in total. The number of amides is 2. The normalized spacial score (nSPS) is 20.3. The highest BCUT2D eigenvalue weighted by atomic mass is 16.5. The molecule has 0 saturated carbocycles. The first-order valence-electron chi connectivity index (χ1n) is 10.2. The van der Waals surface area contributed by atoms with E-state index in [9.17, 15) is 9.59 Å². The van der Waals surface area contributed by atoms with Crippen molar-refractivity contribution in [2.75, 3.05) is 44.2 Å². The molecule has 0 aliphatic carbocycles. The Morgan fingerprint density at radius 3 is 2.64 bits per heavy atom. The van der Waals surface area contributed by atoms with Crippen molar-refractivity contribution in [3.8, 4) is 0 Å². The Hall–Kier alpha value is -2.15. The van der Waals surface area contributed by atoms with Crippen LogP contribution in [0.15, 0.2) is 18.3 Å². The Labute approximate surface area is 167 Å². The number of anilines is 1. The molecule has 2 aliphatic rings. The van der Waals surface area contributed by atoms with E-state index in [4.69, 9.17) is 4.74 Å². The average molecular weight is 389 g/mol. The van der Waals surface area contributed by atoms with Gasteiger partial charge in [-0.1, -0.05) is 20.8 Å². The van der Waals surface area contributed by atoms with Crippen LogP contribution in [0.25, 0.3) is 0 Å². The van der Waals surface area contributed by atoms with Gasteiger partial charge in [0.2, 0.25) is 5.91 Å². The van der Waals surface area contributed by atoms with Gasteiger partial charge in [0.05, 0.1) is 11.7 Å². The summed E-state index contributed by atoms with van der Waals surface area (Å²) < 4.78 is 5.58. The van der Waals surface area contributed by atoms with Crippen LogP contribution in [0.2, 0.25) is 0 Å². The molecule has 0 spiro atoms. The van der Waals surface area contributed by atoms with E-state index in [1.165, 1.54) is 0 Å². The van der Waals surface area contributed by atoms with E-state index >= 15 is 0 Å². The minimum atomic E-state index is -0.121. The second kappa shape index (κ2) is 8.90. The van der Waals surface area contributed by atoms with Crippen molar-refractivity contribution in [1.82, 2.24) is 15.2 Å². The number of aromatic nitrogens is 1. The third kappa shape index (κ3) is 5.44. The van der Waals surface area contributed by atoms with Crippen LogP contribution >= 0.6 is 0 Å². The lowest BCUT2D eigenvalue weighted by atomic mass is 9.91. The summed E-state index contributed by atoms with van der Waals surface area (Å²) in [5, 5.41) is 2.98. The van der Waals surface area contributed by atoms with E-state index in [0.717, 1.165) is 19.4 Å². The number of carbonyl (C=O) groups excluding carboxylic acids is 2. The summed E-state index contributed by atoms with van der Waals surface area (Å²) in [5.74, 6) is 0.766. The zero-order chi connectivity index (χ0) is 20.1. The molecule has 2 fully saturated rings. The van der Waals surface area contributed by atoms with Gasteiger partial charge in [0.15, 0.2) is 0 Å². The van der Waals surface area contributed by atoms with Gasteiger partial charge in [0.25, 0.3) is 5.91 Å². The zero-order valence-corrected chi connectivity index (χ0v) is 17.2. The summed E-state index contributed by atoms with van der Waals surface area (Å²) in [6.07, 6.45) is 4.42. The average Bonchev–Trinajstić information content (AvgIpc) is 3.18. The molecule has 2 aliphatic heterocycles. The van der Waals surface area contributed by atoms with Gasteiger partial charge in [-0.25, -0.2) is 4.98 Å². The predicted octanol–water partition coefficient (Wildman–Crippen LogP) is 2.08. The number of piperazine rings is 1. The summed E-state index contributed by atoms with van der Waals surface area (Å²) >= 11 is 0. The van der Waals surface area contributed by atoms with E-state index in [1.54, 1.807) is 12.3 Å². The van der Waals surface area contributed by atoms with Crippen molar-refractivity contribution in [1.29, 1.82) is 0 Å². The molecular formula is C21H32N4O3. The molecule has 3 rings (SSSR count). The van der Waals surface area contributed by atoms with E-state index in [0.29, 0.717) is 50.5 Å². The number of pyridine rings is 1. The number of carbonyl (C=O) groups is 2. The lowest BCUT2D eigenvalue weighted by Gasteiger charge is -2.37. The second-order valence-corrected chi connectivity index (χ2v) is 8.82. The van der Waals surface area contributed by atoms with Gasteiger partial charge in [-0.15, -0.1) is 0 Å². The minimum absolute atomic E-state index is 0.0104. The lowest BCUT2D eigenvalue weighted by molar-refractivity contribution is -0.133. The number of hydrogen-bond donors (Lipinski definition) is 1. The molecular weight excluding hydrogens is 356 g/mol. The maximum atomic E-state index is 12.7. The Bertz CT molecular complexity index is 687. The van der Waals surface area contributed by atoms with E-state index in [-0.39, 0.29) is 23.3 Å². The van der Waals surface area contributed by atoms with Gasteiger partial charge in [-0.05, 0) is 30.4 Å². The number of rotatable bonds is 5. The van der Waals surface area contributed by atoms with Gasteiger partial charge in [0.1, 0.15) is 5.82 Å². The first-order valence-corrected chi connectivity index (χ1v) is 10.2. The van der Waals surface area contributed by atoms with Crippen LogP contribution in [-0.2, 0) is 9.53 Å². The predicted molar refractivity (Wildman–Crippen MR) is 108 cm³/mol. The largest absolute Gasteiger partial charge is 0.376 e. The maximum Gasteiger partial charge on any atom is 0.255 e. The molecule has 3 heterocycles. The highest BCUT2D eigenvalue weighted by Gasteiger charge is 2.27. The highest BCUT2D eigenvalue weighted by molar-refractivity contribution is 5.99. The smallest absolute Gasteiger partial charge is 0.255 e. The van der Waals surface area contributed by atoms with Crippen LogP contribution in [-0.4, -0.2) is 67.1 Å². The molecule has 7 heteroatoms. The van der Waals surface area contributed by atoms with Crippen LogP contribution in [0, 0.1) is 5.41 Å². The second-order valence-electron chi connectivity index (χ2n) is 8.82. The van der Waals surface area contributed by atoms with Crippen molar-refractivity contribution in [2.24, 2.45) is 5.41 Å². The first kappa shape index (κ1) is 20.6. The minimum Gasteiger partial charge on any atom is -0.376 e. The molecule has 1 atom stereocenters. The van der Waals surface area contributed by atoms with E-state index < -0.39 is 0 Å². The van der Waals surface area contributed by atoms with Gasteiger partial charge in [-0.2, -0.15) is 0 Å². The molecule has 28 heavy (non-hydrogen) atoms. The summed E-state index contributed by atoms with van der Waals surface area (Å²) in [5.41, 5.74) is 0.568. The van der Waals surface area contributed by atoms with Crippen molar-refractivity contribution >= 4 is 17.6 Å². The van der Waals surface area contributed by atoms with Crippen LogP contribution in [0.5, 0.6) is 0 Å². The molecule has 0 radical (unpaired) electrons. The molecule has 0 bridgehead atoms. The van der Waals surface area contributed by atoms with E-state index in [2.05, 4.69) is 36.0 Å². The van der Waals surface area contributed by atoms with Gasteiger partial charge >= 0.3 is 0 Å². The molecule has 2 saturated heterocycles. The SMILES string of the molecule is CC(C)(C)CC(=O)N1CCN(c2ncccc2C(=O)NCC2CCCO2)CC1. The molecule has 0 aromatic carbocycles. The molecule has 2 amide bonds. The molecule has 1 aromatic rings. The maximum absolute atomic E-state index is 12.7. The van der Waals surface area contributed by atoms with Crippen LogP contribution in [0.4, 0.5) is 5.82 Å². The fraction of sp³-hybridized carbons (Fsp3) is 0.667. The summed E-state index contributed by atoms with van der Waals surface area (Å²) in [6, 6.07) is 3.60. The fourth-order valence-electron chi connectivity index (χ4n) is 3.67. The van der Waals surface area contributed by atoms with Gasteiger partial charge in [-0.3, -0.25) is 9.59 Å². The Morgan fingerprint density at radius 1 is 1.25 bits per heavy atom. The Balaban J connectivity index is 1.59. The third-order valence-electron chi connectivity index (χ3n) is 5.16. The first-order chi connectivity index (χ1) is 13.3. The molecule has 1 unspecified atom stereocenters. The molecule has 1 aromatic heterocycles. The monoisotopic (exact) mass is 388 g/mol. The van der Waals surface area contributed by atoms with Gasteiger partial charge in [0, 0.05) is 51.9 Å². The quantitative estimate of drug-likeness (QED) is 0.836. The van der Waals surface area contributed by atoms with Crippen molar-refractivity contribution in [2.45, 2.75) is 46.1 Å². The number of nitrogens with one attached hydrogen (secondary N) is 1. The highest BCUT2D eigenvalue weighted by Crippen LogP contribution is 2.23. The third-order valence-corrected chi connectivity index (χ3v) is 5.16. The molecule has 154 valence electrons. The number of hydrogen-bond acceptors (Lipinski definition) is 5. The zero-order valence-electron chi connectivity index (χ0n) is 17.2. The van der Waals surface area contributed by atoms with Crippen LogP contribution in [0.3, 0.4) is 0 Å². The lowest BCUT2D eigenvalue weighted by Crippen LogP contribution is -2.50. The topological polar surface area (TPSA) is 74.8 Å². The fourth-order valence-corrected chi connectivity index (χ4v) is 3.67. The van der Waals surface area contributed by atoms with E-state index in [1.807, 2.05) is 11.0 Å². The Morgan fingerprint density at radius 2 is 2.00 bits per heavy atom. The summed E-state index contributed by atoms with van der Waals surface area (Å²) in [7, 11) is 0. The van der Waals surface area contributed by atoms with Crippen LogP contribution < -0.4 is 10.2 Å². The Kier molecular flexibility index (Phi) is 6.54.